The van der Waals surface area contributed by atoms with Crippen LogP contribution in [0.15, 0.2) is 24.3 Å². The fraction of sp³-hybridized carbons (Fsp3) is 0.917. The van der Waals surface area contributed by atoms with Crippen LogP contribution in [0.2, 0.25) is 0 Å². The molecule has 0 saturated carbocycles. The normalized spacial score (nSPS) is 12.6. The highest BCUT2D eigenvalue weighted by Gasteiger charge is 2.20. The minimum absolute atomic E-state index is 0.00536. The van der Waals surface area contributed by atoms with Crippen molar-refractivity contribution in [3.05, 3.63) is 24.3 Å². The Hall–Kier alpha value is -1.66. The number of esters is 1. The molecule has 1 amide bonds. The Morgan fingerprint density at radius 2 is 0.641 bits per heavy atom. The molecule has 6 heteroatoms. The molecule has 0 heterocycles. The number of carbonyl (C=O) groups is 2. The summed E-state index contributed by atoms with van der Waals surface area (Å²) >= 11 is 0. The number of carbonyl (C=O) groups excluding carboxylic acids is 2. The lowest BCUT2D eigenvalue weighted by Gasteiger charge is -2.22. The van der Waals surface area contributed by atoms with Gasteiger partial charge in [-0.25, -0.2) is 0 Å². The maximum Gasteiger partial charge on any atom is 0.305 e. The van der Waals surface area contributed by atoms with Crippen LogP contribution in [0.25, 0.3) is 0 Å². The van der Waals surface area contributed by atoms with E-state index in [9.17, 15) is 19.8 Å². The first-order chi connectivity index (χ1) is 38.5. The molecule has 6 nitrogen and oxygen atoms in total. The number of nitrogens with one attached hydrogen (secondary N) is 1. The van der Waals surface area contributed by atoms with Gasteiger partial charge in [-0.3, -0.25) is 9.59 Å². The SMILES string of the molecule is CCCCCC/C=C\C/C=C\CCCCCCCC(=O)OCCCCCCCCCCCCCCCCCCCCCCCCCCCCCC(=O)NC(CO)C(O)CCCCCCCCCCCCCCCCCCCC. The summed E-state index contributed by atoms with van der Waals surface area (Å²) in [6, 6.07) is -0.540. The molecule has 0 aromatic carbocycles. The lowest BCUT2D eigenvalue weighted by atomic mass is 10.0. The van der Waals surface area contributed by atoms with Gasteiger partial charge in [-0.15, -0.1) is 0 Å². The summed E-state index contributed by atoms with van der Waals surface area (Å²) in [5.74, 6) is -0.0231. The van der Waals surface area contributed by atoms with Crippen molar-refractivity contribution >= 4 is 11.9 Å². The highest BCUT2D eigenvalue weighted by Crippen LogP contribution is 2.19. The van der Waals surface area contributed by atoms with Gasteiger partial charge < -0.3 is 20.3 Å². The third-order valence-electron chi connectivity index (χ3n) is 16.8. The van der Waals surface area contributed by atoms with Gasteiger partial charge in [-0.2, -0.15) is 0 Å². The maximum atomic E-state index is 12.5. The van der Waals surface area contributed by atoms with Gasteiger partial charge in [-0.05, 0) is 57.8 Å². The van der Waals surface area contributed by atoms with E-state index in [1.165, 1.54) is 315 Å². The molecule has 2 atom stereocenters. The van der Waals surface area contributed by atoms with Crippen LogP contribution >= 0.6 is 0 Å². The van der Waals surface area contributed by atoms with Crippen LogP contribution in [0.3, 0.4) is 0 Å². The number of rotatable bonds is 67. The summed E-state index contributed by atoms with van der Waals surface area (Å²) in [7, 11) is 0. The molecule has 0 bridgehead atoms. The first-order valence-corrected chi connectivity index (χ1v) is 35.6. The highest BCUT2D eigenvalue weighted by molar-refractivity contribution is 5.76. The molecule has 0 aromatic rings. The predicted molar refractivity (Wildman–Crippen MR) is 343 cm³/mol. The summed E-state index contributed by atoms with van der Waals surface area (Å²) in [5.41, 5.74) is 0. The number of aliphatic hydroxyl groups is 2. The van der Waals surface area contributed by atoms with Crippen LogP contribution in [0, 0.1) is 0 Å². The molecule has 3 N–H and O–H groups in total. The van der Waals surface area contributed by atoms with Gasteiger partial charge in [0.15, 0.2) is 0 Å². The van der Waals surface area contributed by atoms with Crippen LogP contribution < -0.4 is 5.32 Å². The van der Waals surface area contributed by atoms with Crippen molar-refractivity contribution in [2.45, 2.75) is 411 Å². The van der Waals surface area contributed by atoms with Crippen molar-refractivity contribution in [2.75, 3.05) is 13.2 Å². The first kappa shape index (κ1) is 76.3. The van der Waals surface area contributed by atoms with Crippen LogP contribution in [0.1, 0.15) is 399 Å². The number of ether oxygens (including phenoxy) is 1. The number of allylic oxidation sites excluding steroid dienone is 4. The van der Waals surface area contributed by atoms with Gasteiger partial charge >= 0.3 is 5.97 Å². The summed E-state index contributed by atoms with van der Waals surface area (Å²) in [6.45, 7) is 4.97. The molecule has 2 unspecified atom stereocenters. The Kier molecular flexibility index (Phi) is 66.4. The zero-order valence-electron chi connectivity index (χ0n) is 52.9. The van der Waals surface area contributed by atoms with Crippen LogP contribution in [0.5, 0.6) is 0 Å². The fourth-order valence-electron chi connectivity index (χ4n) is 11.3. The highest BCUT2D eigenvalue weighted by atomic mass is 16.5. The van der Waals surface area contributed by atoms with E-state index in [1.54, 1.807) is 0 Å². The Morgan fingerprint density at radius 3 is 0.987 bits per heavy atom. The van der Waals surface area contributed by atoms with E-state index in [-0.39, 0.29) is 18.5 Å². The van der Waals surface area contributed by atoms with Crippen LogP contribution in [0.4, 0.5) is 0 Å². The van der Waals surface area contributed by atoms with Gasteiger partial charge in [0.1, 0.15) is 0 Å². The first-order valence-electron chi connectivity index (χ1n) is 35.6. The van der Waals surface area contributed by atoms with Crippen LogP contribution in [-0.4, -0.2) is 47.4 Å². The average Bonchev–Trinajstić information content (AvgIpc) is 3.44. The monoisotopic (exact) mass is 1100 g/mol. The van der Waals surface area contributed by atoms with E-state index in [0.717, 1.165) is 51.4 Å². The lowest BCUT2D eigenvalue weighted by Crippen LogP contribution is -2.45. The van der Waals surface area contributed by atoms with E-state index >= 15 is 0 Å². The smallest absolute Gasteiger partial charge is 0.305 e. The third-order valence-corrected chi connectivity index (χ3v) is 16.8. The summed E-state index contributed by atoms with van der Waals surface area (Å²) < 4.78 is 5.49. The van der Waals surface area contributed by atoms with E-state index in [4.69, 9.17) is 4.74 Å². The molecule has 0 aliphatic carbocycles. The van der Waals surface area contributed by atoms with Crippen molar-refractivity contribution in [3.8, 4) is 0 Å². The average molecular weight is 1100 g/mol. The second kappa shape index (κ2) is 67.8. The molecule has 0 aromatic heterocycles. The molecule has 0 saturated heterocycles. The second-order valence-corrected chi connectivity index (χ2v) is 24.6. The van der Waals surface area contributed by atoms with Gasteiger partial charge in [0, 0.05) is 12.8 Å². The molecular formula is C72H139NO5. The van der Waals surface area contributed by atoms with Crippen molar-refractivity contribution in [3.63, 3.8) is 0 Å². The Balaban J connectivity index is 3.35. The minimum atomic E-state index is -0.663. The summed E-state index contributed by atoms with van der Waals surface area (Å²) in [6.07, 6.45) is 85.1. The summed E-state index contributed by atoms with van der Waals surface area (Å²) in [4.78, 5) is 24.6. The topological polar surface area (TPSA) is 95.9 Å². The van der Waals surface area contributed by atoms with Crippen LogP contribution in [-0.2, 0) is 14.3 Å². The zero-order valence-corrected chi connectivity index (χ0v) is 52.9. The third kappa shape index (κ3) is 63.5. The molecule has 0 aliphatic rings. The van der Waals surface area contributed by atoms with Crippen molar-refractivity contribution in [2.24, 2.45) is 0 Å². The molecule has 0 spiro atoms. The maximum absolute atomic E-state index is 12.5. The second-order valence-electron chi connectivity index (χ2n) is 24.6. The van der Waals surface area contributed by atoms with Gasteiger partial charge in [0.2, 0.25) is 5.91 Å². The Labute approximate surface area is 488 Å². The molecule has 0 rings (SSSR count). The van der Waals surface area contributed by atoms with Gasteiger partial charge in [-0.1, -0.05) is 353 Å². The molecule has 0 fully saturated rings. The Morgan fingerprint density at radius 1 is 0.359 bits per heavy atom. The number of hydrogen-bond donors (Lipinski definition) is 3. The van der Waals surface area contributed by atoms with E-state index < -0.39 is 12.1 Å². The summed E-state index contributed by atoms with van der Waals surface area (Å²) in [5, 5.41) is 23.4. The number of amides is 1. The van der Waals surface area contributed by atoms with Crippen molar-refractivity contribution in [1.29, 1.82) is 0 Å². The van der Waals surface area contributed by atoms with E-state index in [2.05, 4.69) is 43.5 Å². The van der Waals surface area contributed by atoms with E-state index in [1.807, 2.05) is 0 Å². The van der Waals surface area contributed by atoms with Gasteiger partial charge in [0.25, 0.3) is 0 Å². The molecule has 78 heavy (non-hydrogen) atoms. The predicted octanol–water partition coefficient (Wildman–Crippen LogP) is 22.9. The number of unbranched alkanes of at least 4 members (excludes halogenated alkanes) is 52. The number of hydrogen-bond acceptors (Lipinski definition) is 5. The zero-order chi connectivity index (χ0) is 56.4. The molecule has 0 radical (unpaired) electrons. The number of aliphatic hydroxyl groups excluding tert-OH is 2. The lowest BCUT2D eigenvalue weighted by molar-refractivity contribution is -0.143. The molecule has 0 aliphatic heterocycles. The Bertz CT molecular complexity index is 1220. The largest absolute Gasteiger partial charge is 0.466 e. The minimum Gasteiger partial charge on any atom is -0.466 e. The quantitative estimate of drug-likeness (QED) is 0.0320. The van der Waals surface area contributed by atoms with E-state index in [0.29, 0.717) is 25.9 Å². The standard InChI is InChI=1S/C72H139NO5/c1-3-5-7-9-11-13-15-17-19-21-33-36-40-44-48-52-56-60-64-70(75)69(68-74)73-71(76)65-61-57-53-49-45-41-37-34-31-29-27-25-23-22-24-26-28-30-32-35-39-43-47-51-55-59-63-67-78-72(77)66-62-58-54-50-46-42-38-20-18-16-14-12-10-8-6-4-2/h14,16,20,38,69-70,74-75H,3-13,15,17-19,21-37,39-68H2,1-2H3,(H,73,76)/b16-14-,38-20-. The molecular weight excluding hydrogens is 959 g/mol. The van der Waals surface area contributed by atoms with Gasteiger partial charge in [0.05, 0.1) is 25.4 Å². The van der Waals surface area contributed by atoms with Crippen molar-refractivity contribution in [1.82, 2.24) is 5.32 Å². The fourth-order valence-corrected chi connectivity index (χ4v) is 11.3. The van der Waals surface area contributed by atoms with Crippen molar-refractivity contribution < 1.29 is 24.5 Å². The molecule has 462 valence electrons.